The van der Waals surface area contributed by atoms with Gasteiger partial charge in [0.25, 0.3) is 0 Å². The van der Waals surface area contributed by atoms with Crippen LogP contribution in [0.2, 0.25) is 0 Å². The molecule has 0 heterocycles. The van der Waals surface area contributed by atoms with Gasteiger partial charge in [-0.1, -0.05) is 48.0 Å². The summed E-state index contributed by atoms with van der Waals surface area (Å²) in [6, 6.07) is 17.7. The third kappa shape index (κ3) is 2.94. The zero-order chi connectivity index (χ0) is 12.1. The zero-order valence-corrected chi connectivity index (χ0v) is 9.76. The molecule has 2 nitrogen and oxygen atoms in total. The van der Waals surface area contributed by atoms with E-state index in [9.17, 15) is 4.79 Å². The Labute approximate surface area is 102 Å². The van der Waals surface area contributed by atoms with Crippen LogP contribution in [0.25, 0.3) is 0 Å². The summed E-state index contributed by atoms with van der Waals surface area (Å²) >= 11 is 0. The molecule has 0 bridgehead atoms. The maximum absolute atomic E-state index is 11.0. The molecule has 0 saturated carbocycles. The molecule has 0 N–H and O–H groups in total. The summed E-state index contributed by atoms with van der Waals surface area (Å²) in [5.74, 6) is 0. The first-order valence-electron chi connectivity index (χ1n) is 5.55. The molecule has 0 atom stereocenters. The van der Waals surface area contributed by atoms with E-state index in [1.165, 1.54) is 5.56 Å². The van der Waals surface area contributed by atoms with Crippen molar-refractivity contribution >= 4 is 12.1 Å². The Morgan fingerprint density at radius 2 is 1.65 bits per heavy atom. The number of benzene rings is 2. The lowest BCUT2D eigenvalue weighted by molar-refractivity contribution is 0.551. The molecule has 17 heavy (non-hydrogen) atoms. The van der Waals surface area contributed by atoms with Gasteiger partial charge < -0.3 is 0 Å². The minimum absolute atomic E-state index is 0.549. The second kappa shape index (κ2) is 5.30. The van der Waals surface area contributed by atoms with Gasteiger partial charge in [0.1, 0.15) is 0 Å². The minimum atomic E-state index is 0.549. The van der Waals surface area contributed by atoms with Gasteiger partial charge in [0.2, 0.25) is 0 Å². The van der Waals surface area contributed by atoms with Gasteiger partial charge in [0.15, 0.2) is 0 Å². The first kappa shape index (κ1) is 11.4. The molecule has 2 rings (SSSR count). The third-order valence-electron chi connectivity index (χ3n) is 2.64. The van der Waals surface area contributed by atoms with E-state index in [4.69, 9.17) is 0 Å². The molecule has 0 saturated heterocycles. The maximum atomic E-state index is 11.0. The molecule has 0 fully saturated rings. The van der Waals surface area contributed by atoms with E-state index in [0.717, 1.165) is 11.3 Å². The summed E-state index contributed by atoms with van der Waals surface area (Å²) < 4.78 is 0. The molecule has 2 heteroatoms. The van der Waals surface area contributed by atoms with Crippen molar-refractivity contribution in [3.63, 3.8) is 0 Å². The highest BCUT2D eigenvalue weighted by Crippen LogP contribution is 2.16. The highest BCUT2D eigenvalue weighted by atomic mass is 16.1. The Morgan fingerprint density at radius 3 is 2.24 bits per heavy atom. The molecule has 0 aliphatic heterocycles. The van der Waals surface area contributed by atoms with E-state index in [2.05, 4.69) is 0 Å². The number of hydrogen-bond acceptors (Lipinski definition) is 1. The van der Waals surface area contributed by atoms with Crippen molar-refractivity contribution in [3.05, 3.63) is 65.7 Å². The smallest absolute Gasteiger partial charge is 0.300 e. The predicted octanol–water partition coefficient (Wildman–Crippen LogP) is 3.07. The molecule has 0 unspecified atom stereocenters. The van der Waals surface area contributed by atoms with Crippen LogP contribution in [0, 0.1) is 6.92 Å². The first-order valence-corrected chi connectivity index (χ1v) is 5.55. The van der Waals surface area contributed by atoms with Crippen molar-refractivity contribution < 1.29 is 4.79 Å². The molecular weight excluding hydrogens is 210 g/mol. The summed E-state index contributed by atoms with van der Waals surface area (Å²) in [7, 11) is 0. The standard InChI is InChI=1S/C15H14NO/c1-13-7-9-15(10-8-13)16(12-17)11-14-5-3-2-4-6-14/h2-10H,11H2,1H3. The van der Waals surface area contributed by atoms with E-state index >= 15 is 0 Å². The lowest BCUT2D eigenvalue weighted by atomic mass is 10.2. The Bertz CT molecular complexity index is 476. The second-order valence-corrected chi connectivity index (χ2v) is 4.00. The van der Waals surface area contributed by atoms with Gasteiger partial charge in [-0.2, -0.15) is 0 Å². The molecule has 0 aliphatic carbocycles. The molecule has 1 radical (unpaired) electrons. The van der Waals surface area contributed by atoms with Crippen molar-refractivity contribution in [1.29, 1.82) is 0 Å². The summed E-state index contributed by atoms with van der Waals surface area (Å²) in [5, 5.41) is 0. The normalized spacial score (nSPS) is 9.94. The Hall–Kier alpha value is -2.09. The fraction of sp³-hybridized carbons (Fsp3) is 0.133. The average molecular weight is 224 g/mol. The Balaban J connectivity index is 2.17. The summed E-state index contributed by atoms with van der Waals surface area (Å²) in [6.45, 7) is 2.57. The molecule has 85 valence electrons. The van der Waals surface area contributed by atoms with Crippen molar-refractivity contribution in [2.24, 2.45) is 0 Å². The quantitative estimate of drug-likeness (QED) is 0.731. The number of rotatable bonds is 4. The van der Waals surface area contributed by atoms with E-state index in [0.29, 0.717) is 6.54 Å². The van der Waals surface area contributed by atoms with E-state index in [1.54, 1.807) is 4.90 Å². The minimum Gasteiger partial charge on any atom is -0.300 e. The van der Waals surface area contributed by atoms with Crippen molar-refractivity contribution in [1.82, 2.24) is 0 Å². The zero-order valence-electron chi connectivity index (χ0n) is 9.76. The number of carbonyl (C=O) groups excluding carboxylic acids is 1. The van der Waals surface area contributed by atoms with E-state index in [-0.39, 0.29) is 0 Å². The number of amides is 1. The molecule has 1 amide bonds. The largest absolute Gasteiger partial charge is 0.317 e. The first-order chi connectivity index (χ1) is 8.29. The summed E-state index contributed by atoms with van der Waals surface area (Å²) in [4.78, 5) is 12.6. The van der Waals surface area contributed by atoms with E-state index < -0.39 is 0 Å². The summed E-state index contributed by atoms with van der Waals surface area (Å²) in [5.41, 5.74) is 3.14. The summed E-state index contributed by atoms with van der Waals surface area (Å²) in [6.07, 6.45) is 1.97. The average Bonchev–Trinajstić information content (AvgIpc) is 2.38. The van der Waals surface area contributed by atoms with Crippen LogP contribution < -0.4 is 4.90 Å². The van der Waals surface area contributed by atoms with Crippen LogP contribution in [-0.2, 0) is 11.3 Å². The number of anilines is 1. The van der Waals surface area contributed by atoms with Gasteiger partial charge in [-0.25, -0.2) is 0 Å². The fourth-order valence-corrected chi connectivity index (χ4v) is 1.67. The van der Waals surface area contributed by atoms with Gasteiger partial charge in [-0.15, -0.1) is 0 Å². The molecule has 0 spiro atoms. The van der Waals surface area contributed by atoms with Crippen LogP contribution >= 0.6 is 0 Å². The van der Waals surface area contributed by atoms with Crippen molar-refractivity contribution in [2.45, 2.75) is 13.5 Å². The highest BCUT2D eigenvalue weighted by molar-refractivity contribution is 5.75. The molecular formula is C15H14NO. The van der Waals surface area contributed by atoms with Gasteiger partial charge in [-0.05, 0) is 24.6 Å². The number of hydrogen-bond donors (Lipinski definition) is 0. The van der Waals surface area contributed by atoms with Crippen LogP contribution in [0.5, 0.6) is 0 Å². The van der Waals surface area contributed by atoms with Gasteiger partial charge in [0, 0.05) is 5.69 Å². The third-order valence-corrected chi connectivity index (χ3v) is 2.64. The lowest BCUT2D eigenvalue weighted by Crippen LogP contribution is -2.20. The number of aryl methyl sites for hydroxylation is 1. The molecule has 0 aliphatic rings. The highest BCUT2D eigenvalue weighted by Gasteiger charge is 2.06. The topological polar surface area (TPSA) is 20.3 Å². The predicted molar refractivity (Wildman–Crippen MR) is 69.5 cm³/mol. The monoisotopic (exact) mass is 224 g/mol. The molecule has 2 aromatic rings. The van der Waals surface area contributed by atoms with Gasteiger partial charge in [-0.3, -0.25) is 9.69 Å². The van der Waals surface area contributed by atoms with Crippen LogP contribution in [-0.4, -0.2) is 6.41 Å². The fourth-order valence-electron chi connectivity index (χ4n) is 1.67. The SMILES string of the molecule is Cc1ccc(N([C]=O)Cc2ccccc2)cc1. The van der Waals surface area contributed by atoms with Crippen molar-refractivity contribution in [3.8, 4) is 0 Å². The molecule has 2 aromatic carbocycles. The van der Waals surface area contributed by atoms with Crippen LogP contribution in [0.3, 0.4) is 0 Å². The van der Waals surface area contributed by atoms with Crippen LogP contribution in [0.4, 0.5) is 5.69 Å². The lowest BCUT2D eigenvalue weighted by Gasteiger charge is -2.16. The van der Waals surface area contributed by atoms with E-state index in [1.807, 2.05) is 67.9 Å². The van der Waals surface area contributed by atoms with Gasteiger partial charge >= 0.3 is 6.41 Å². The Kier molecular flexibility index (Phi) is 3.55. The maximum Gasteiger partial charge on any atom is 0.317 e. The second-order valence-electron chi connectivity index (χ2n) is 4.00. The van der Waals surface area contributed by atoms with Crippen molar-refractivity contribution in [2.75, 3.05) is 4.90 Å². The molecule has 0 aromatic heterocycles. The van der Waals surface area contributed by atoms with Gasteiger partial charge in [0.05, 0.1) is 6.54 Å². The van der Waals surface area contributed by atoms with Crippen LogP contribution in [0.15, 0.2) is 54.6 Å². The van der Waals surface area contributed by atoms with Crippen LogP contribution in [0.1, 0.15) is 11.1 Å². The Morgan fingerprint density at radius 1 is 1.00 bits per heavy atom. The number of nitrogens with zero attached hydrogens (tertiary/aromatic N) is 1.